The number of carbonyl (C=O) groups is 2. The van der Waals surface area contributed by atoms with E-state index in [1.807, 2.05) is 0 Å². The van der Waals surface area contributed by atoms with Crippen molar-refractivity contribution < 1.29 is 19.1 Å². The summed E-state index contributed by atoms with van der Waals surface area (Å²) in [5, 5.41) is 2.83. The molecular weight excluding hydrogens is 324 g/mol. The maximum atomic E-state index is 11.5. The minimum Gasteiger partial charge on any atom is -0.502 e. The maximum absolute atomic E-state index is 11.5. The van der Waals surface area contributed by atoms with Crippen molar-refractivity contribution in [3.8, 4) is 0 Å². The van der Waals surface area contributed by atoms with Gasteiger partial charge in [0.1, 0.15) is 0 Å². The normalized spacial score (nSPS) is 10.6. The topological polar surface area (TPSA) is 90.6 Å². The summed E-state index contributed by atoms with van der Waals surface area (Å²) in [6, 6.07) is 0. The van der Waals surface area contributed by atoms with Gasteiger partial charge in [-0.25, -0.2) is 0 Å². The Bertz CT molecular complexity index is 328. The first-order chi connectivity index (χ1) is 10.7. The summed E-state index contributed by atoms with van der Waals surface area (Å²) in [6.07, 6.45) is 5.45. The van der Waals surface area contributed by atoms with Crippen LogP contribution in [0.4, 0.5) is 0 Å². The molecule has 22 heavy (non-hydrogen) atoms. The molecule has 128 valence electrons. The van der Waals surface area contributed by atoms with Crippen molar-refractivity contribution in [2.45, 2.75) is 25.7 Å². The third-order valence-electron chi connectivity index (χ3n) is 2.41. The number of hydrogen-bond donors (Lipinski definition) is 2. The van der Waals surface area contributed by atoms with Crippen molar-refractivity contribution in [3.05, 3.63) is 12.3 Å². The lowest BCUT2D eigenvalue weighted by Crippen LogP contribution is -2.24. The fourth-order valence-corrected chi connectivity index (χ4v) is 3.08. The number of rotatable bonds is 14. The molecule has 0 radical (unpaired) electrons. The minimum absolute atomic E-state index is 0.0185. The second kappa shape index (κ2) is 16.5. The van der Waals surface area contributed by atoms with Gasteiger partial charge in [0.2, 0.25) is 5.91 Å². The molecule has 0 atom stereocenters. The summed E-state index contributed by atoms with van der Waals surface area (Å²) < 4.78 is 9.77. The molecule has 0 aromatic rings. The molecule has 0 aliphatic rings. The summed E-state index contributed by atoms with van der Waals surface area (Å²) in [6.45, 7) is 1.87. The third kappa shape index (κ3) is 15.5. The van der Waals surface area contributed by atoms with Crippen molar-refractivity contribution >= 4 is 33.5 Å². The molecule has 0 unspecified atom stereocenters. The smallest absolute Gasteiger partial charge is 0.305 e. The van der Waals surface area contributed by atoms with E-state index in [1.165, 1.54) is 13.4 Å². The molecule has 8 heteroatoms. The Balaban J connectivity index is 3.33. The molecule has 0 bridgehead atoms. The molecule has 0 saturated carbocycles. The molecule has 6 nitrogen and oxygen atoms in total. The van der Waals surface area contributed by atoms with E-state index >= 15 is 0 Å². The Morgan fingerprint density at radius 1 is 1.23 bits per heavy atom. The van der Waals surface area contributed by atoms with Gasteiger partial charge in [-0.3, -0.25) is 9.59 Å². The second-order valence-electron chi connectivity index (χ2n) is 4.26. The average Bonchev–Trinajstić information content (AvgIpc) is 2.52. The lowest BCUT2D eigenvalue weighted by Gasteiger charge is -2.03. The van der Waals surface area contributed by atoms with Crippen molar-refractivity contribution in [1.29, 1.82) is 0 Å². The number of nitrogens with two attached hydrogens (primary N) is 1. The van der Waals surface area contributed by atoms with E-state index in [-0.39, 0.29) is 11.9 Å². The van der Waals surface area contributed by atoms with Gasteiger partial charge in [0.15, 0.2) is 0 Å². The van der Waals surface area contributed by atoms with E-state index in [0.717, 1.165) is 24.3 Å². The van der Waals surface area contributed by atoms with Crippen molar-refractivity contribution in [2.75, 3.05) is 38.3 Å². The first kappa shape index (κ1) is 21.1. The van der Waals surface area contributed by atoms with Crippen molar-refractivity contribution in [3.63, 3.8) is 0 Å². The number of esters is 1. The molecule has 3 N–H and O–H groups in total. The largest absolute Gasteiger partial charge is 0.502 e. The lowest BCUT2D eigenvalue weighted by atomic mass is 10.2. The fraction of sp³-hybridized carbons (Fsp3) is 0.714. The Labute approximate surface area is 140 Å². The van der Waals surface area contributed by atoms with Gasteiger partial charge in [0.05, 0.1) is 20.0 Å². The van der Waals surface area contributed by atoms with Crippen LogP contribution in [0, 0.1) is 0 Å². The van der Waals surface area contributed by atoms with Crippen molar-refractivity contribution in [2.24, 2.45) is 5.73 Å². The van der Waals surface area contributed by atoms with Gasteiger partial charge >= 0.3 is 5.97 Å². The minimum atomic E-state index is -0.202. The number of carbonyl (C=O) groups excluding carboxylic acids is 2. The van der Waals surface area contributed by atoms with Gasteiger partial charge in [-0.1, -0.05) is 21.6 Å². The SMILES string of the molecule is COC(=O)CCCCOC=CCC(=O)NCCSSCCN. The first-order valence-corrected chi connectivity index (χ1v) is 9.74. The van der Waals surface area contributed by atoms with Crippen LogP contribution in [0.1, 0.15) is 25.7 Å². The summed E-state index contributed by atoms with van der Waals surface area (Å²) >= 11 is 0. The Morgan fingerprint density at radius 2 is 2.00 bits per heavy atom. The predicted octanol–water partition coefficient (Wildman–Crippen LogP) is 1.71. The monoisotopic (exact) mass is 350 g/mol. The van der Waals surface area contributed by atoms with E-state index < -0.39 is 0 Å². The summed E-state index contributed by atoms with van der Waals surface area (Å²) in [5.41, 5.74) is 5.37. The number of amides is 1. The van der Waals surface area contributed by atoms with Gasteiger partial charge in [0.25, 0.3) is 0 Å². The van der Waals surface area contributed by atoms with E-state index in [0.29, 0.717) is 32.5 Å². The molecule has 0 aliphatic heterocycles. The number of unbranched alkanes of at least 4 members (excludes halogenated alkanes) is 1. The Morgan fingerprint density at radius 3 is 2.73 bits per heavy atom. The van der Waals surface area contributed by atoms with E-state index in [1.54, 1.807) is 27.7 Å². The van der Waals surface area contributed by atoms with Crippen LogP contribution in [0.5, 0.6) is 0 Å². The number of methoxy groups -OCH3 is 1. The second-order valence-corrected chi connectivity index (χ2v) is 6.96. The predicted molar refractivity (Wildman–Crippen MR) is 92.6 cm³/mol. The van der Waals surface area contributed by atoms with Crippen LogP contribution < -0.4 is 11.1 Å². The van der Waals surface area contributed by atoms with Gasteiger partial charge in [-0.05, 0) is 18.9 Å². The number of ether oxygens (including phenoxy) is 2. The van der Waals surface area contributed by atoms with Crippen LogP contribution in [-0.4, -0.2) is 50.2 Å². The van der Waals surface area contributed by atoms with E-state index in [4.69, 9.17) is 10.5 Å². The quantitative estimate of drug-likeness (QED) is 0.213. The highest BCUT2D eigenvalue weighted by Gasteiger charge is 1.99. The van der Waals surface area contributed by atoms with Crippen LogP contribution >= 0.6 is 21.6 Å². The Hall–Kier alpha value is -0.860. The van der Waals surface area contributed by atoms with Gasteiger partial charge < -0.3 is 20.5 Å². The molecule has 0 saturated heterocycles. The highest BCUT2D eigenvalue weighted by atomic mass is 33.1. The molecule has 0 rings (SSSR count). The fourth-order valence-electron chi connectivity index (χ4n) is 1.32. The first-order valence-electron chi connectivity index (χ1n) is 7.25. The van der Waals surface area contributed by atoms with Crippen LogP contribution in [0.15, 0.2) is 12.3 Å². The van der Waals surface area contributed by atoms with Gasteiger partial charge in [-0.15, -0.1) is 0 Å². The zero-order valence-electron chi connectivity index (χ0n) is 13.0. The van der Waals surface area contributed by atoms with Crippen LogP contribution in [0.2, 0.25) is 0 Å². The molecule has 0 spiro atoms. The number of nitrogens with one attached hydrogen (secondary N) is 1. The summed E-state index contributed by atoms with van der Waals surface area (Å²) in [4.78, 5) is 22.3. The van der Waals surface area contributed by atoms with Crippen LogP contribution in [-0.2, 0) is 19.1 Å². The Kier molecular flexibility index (Phi) is 15.9. The molecule has 0 fully saturated rings. The van der Waals surface area contributed by atoms with E-state index in [9.17, 15) is 9.59 Å². The zero-order valence-corrected chi connectivity index (χ0v) is 14.7. The van der Waals surface area contributed by atoms with Crippen LogP contribution in [0.3, 0.4) is 0 Å². The highest BCUT2D eigenvalue weighted by molar-refractivity contribution is 8.76. The summed E-state index contributed by atoms with van der Waals surface area (Å²) in [7, 11) is 4.80. The summed E-state index contributed by atoms with van der Waals surface area (Å²) in [5.74, 6) is 1.58. The van der Waals surface area contributed by atoms with Gasteiger partial charge in [-0.2, -0.15) is 0 Å². The molecule has 0 aliphatic carbocycles. The third-order valence-corrected chi connectivity index (χ3v) is 4.85. The standard InChI is InChI=1S/C14H26N2O4S2/c1-19-14(18)6-2-3-9-20-10-4-5-13(17)16-8-12-22-21-11-7-15/h4,10H,2-3,5-9,11-12,15H2,1H3,(H,16,17). The van der Waals surface area contributed by atoms with Gasteiger partial charge in [0, 0.05) is 37.4 Å². The average molecular weight is 351 g/mol. The molecule has 0 aromatic carbocycles. The molecular formula is C14H26N2O4S2. The molecule has 0 aromatic heterocycles. The zero-order chi connectivity index (χ0) is 16.5. The maximum Gasteiger partial charge on any atom is 0.305 e. The molecule has 0 heterocycles. The lowest BCUT2D eigenvalue weighted by molar-refractivity contribution is -0.140. The number of hydrogen-bond acceptors (Lipinski definition) is 7. The van der Waals surface area contributed by atoms with Crippen LogP contribution in [0.25, 0.3) is 0 Å². The highest BCUT2D eigenvalue weighted by Crippen LogP contribution is 2.18. The molecule has 1 amide bonds. The van der Waals surface area contributed by atoms with Crippen molar-refractivity contribution in [1.82, 2.24) is 5.32 Å². The van der Waals surface area contributed by atoms with E-state index in [2.05, 4.69) is 10.1 Å².